The lowest BCUT2D eigenvalue weighted by atomic mass is 10.1. The lowest BCUT2D eigenvalue weighted by Gasteiger charge is -2.34. The van der Waals surface area contributed by atoms with Gasteiger partial charge in [0.25, 0.3) is 5.91 Å². The van der Waals surface area contributed by atoms with Gasteiger partial charge in [0.2, 0.25) is 5.95 Å². The minimum atomic E-state index is -4.83. The first-order valence-electron chi connectivity index (χ1n) is 14.6. The van der Waals surface area contributed by atoms with Crippen LogP contribution in [0.4, 0.5) is 35.3 Å². The number of benzene rings is 1. The van der Waals surface area contributed by atoms with Gasteiger partial charge in [-0.1, -0.05) is 6.92 Å². The number of nitrogens with one attached hydrogen (secondary N) is 1. The van der Waals surface area contributed by atoms with Crippen LogP contribution in [-0.4, -0.2) is 88.8 Å². The summed E-state index contributed by atoms with van der Waals surface area (Å²) in [6, 6.07) is 6.72. The minimum Gasteiger partial charge on any atom is -0.465 e. The molecular weight excluding hydrogens is 633 g/mol. The zero-order valence-electron chi connectivity index (χ0n) is 24.0. The zero-order valence-corrected chi connectivity index (χ0v) is 25.7. The summed E-state index contributed by atoms with van der Waals surface area (Å²) in [5.74, 6) is -0.899. The molecule has 0 radical (unpaired) electrons. The number of anilines is 3. The van der Waals surface area contributed by atoms with E-state index in [9.17, 15) is 36.3 Å². The number of rotatable bonds is 6. The van der Waals surface area contributed by atoms with E-state index in [1.807, 2.05) is 19.1 Å². The van der Waals surface area contributed by atoms with Crippen molar-refractivity contribution in [3.8, 4) is 10.6 Å². The molecule has 2 saturated heterocycles. The largest absolute Gasteiger partial charge is 0.465 e. The number of nitrogens with zero attached hydrogens (tertiary/aromatic N) is 5. The van der Waals surface area contributed by atoms with Gasteiger partial charge in [0.05, 0.1) is 27.3 Å². The third kappa shape index (κ3) is 5.26. The number of alkyl halides is 3. The Morgan fingerprint density at radius 3 is 2.56 bits per heavy atom. The van der Waals surface area contributed by atoms with Crippen LogP contribution < -0.4 is 10.2 Å². The molecule has 2 N–H and O–H groups in total. The van der Waals surface area contributed by atoms with Crippen LogP contribution in [0.15, 0.2) is 35.4 Å². The molecule has 5 heterocycles. The summed E-state index contributed by atoms with van der Waals surface area (Å²) >= 11 is 0.704. The van der Waals surface area contributed by atoms with Crippen LogP contribution in [0.5, 0.6) is 0 Å². The van der Waals surface area contributed by atoms with E-state index in [0.29, 0.717) is 42.7 Å². The molecule has 2 atom stereocenters. The Hall–Kier alpha value is -3.92. The number of carbonyl (C=O) groups excluding carboxylic acids is 1. The maximum absolute atomic E-state index is 14.2. The highest BCUT2D eigenvalue weighted by molar-refractivity contribution is 7.91. The predicted molar refractivity (Wildman–Crippen MR) is 160 cm³/mol. The molecule has 2 bridgehead atoms. The molecule has 4 aliphatic rings. The summed E-state index contributed by atoms with van der Waals surface area (Å²) in [5.41, 5.74) is 0.720. The molecule has 2 amide bonds. The molecular formula is C29H29F3N6O5S2. The fourth-order valence-electron chi connectivity index (χ4n) is 6.51. The molecule has 3 aromatic rings. The second kappa shape index (κ2) is 10.6. The third-order valence-corrected chi connectivity index (χ3v) is 11.9. The molecule has 45 heavy (non-hydrogen) atoms. The van der Waals surface area contributed by atoms with Crippen molar-refractivity contribution in [3.63, 3.8) is 0 Å². The second-order valence-corrected chi connectivity index (χ2v) is 14.9. The number of piperazine rings is 1. The SMILES string of the molecule is CCc1cc(N2C[C@@H]3C[C@H]2CN3C(=O)O)ccc1Nc1ncc(C(F)(F)F)c(-c2cc3c(s2)C(=O)N(C2CC2)CCS3(=O)=O)n1. The van der Waals surface area contributed by atoms with Crippen LogP contribution in [-0.2, 0) is 22.4 Å². The Morgan fingerprint density at radius 1 is 1.13 bits per heavy atom. The van der Waals surface area contributed by atoms with E-state index in [4.69, 9.17) is 0 Å². The summed E-state index contributed by atoms with van der Waals surface area (Å²) in [4.78, 5) is 37.6. The summed E-state index contributed by atoms with van der Waals surface area (Å²) in [7, 11) is -3.90. The van der Waals surface area contributed by atoms with Gasteiger partial charge < -0.3 is 25.1 Å². The highest BCUT2D eigenvalue weighted by atomic mass is 32.2. The molecule has 1 saturated carbocycles. The molecule has 11 nitrogen and oxygen atoms in total. The van der Waals surface area contributed by atoms with Crippen molar-refractivity contribution in [1.29, 1.82) is 0 Å². The van der Waals surface area contributed by atoms with Crippen molar-refractivity contribution in [2.45, 2.75) is 61.8 Å². The molecule has 3 aliphatic heterocycles. The van der Waals surface area contributed by atoms with Gasteiger partial charge in [-0.2, -0.15) is 13.2 Å². The average Bonchev–Trinajstić information content (AvgIpc) is 3.42. The average molecular weight is 663 g/mol. The number of hydrogen-bond donors (Lipinski definition) is 2. The molecule has 3 fully saturated rings. The summed E-state index contributed by atoms with van der Waals surface area (Å²) in [5, 5.41) is 12.4. The molecule has 238 valence electrons. The summed E-state index contributed by atoms with van der Waals surface area (Å²) in [6.07, 6.45) is -2.21. The first kappa shape index (κ1) is 29.8. The van der Waals surface area contributed by atoms with Crippen molar-refractivity contribution < 1.29 is 36.3 Å². The molecule has 0 unspecified atom stereocenters. The van der Waals surface area contributed by atoms with E-state index < -0.39 is 39.3 Å². The molecule has 0 spiro atoms. The van der Waals surface area contributed by atoms with Crippen molar-refractivity contribution in [2.24, 2.45) is 0 Å². The smallest absolute Gasteiger partial charge is 0.420 e. The Kier molecular flexibility index (Phi) is 7.00. The monoisotopic (exact) mass is 662 g/mol. The van der Waals surface area contributed by atoms with Crippen LogP contribution in [0.1, 0.15) is 47.0 Å². The highest BCUT2D eigenvalue weighted by Gasteiger charge is 2.46. The van der Waals surface area contributed by atoms with Gasteiger partial charge in [-0.25, -0.2) is 23.2 Å². The maximum Gasteiger partial charge on any atom is 0.420 e. The van der Waals surface area contributed by atoms with Crippen molar-refractivity contribution in [3.05, 3.63) is 46.5 Å². The summed E-state index contributed by atoms with van der Waals surface area (Å²) in [6.45, 7) is 3.00. The van der Waals surface area contributed by atoms with Gasteiger partial charge in [0.1, 0.15) is 10.4 Å². The fourth-order valence-corrected chi connectivity index (χ4v) is 9.43. The second-order valence-electron chi connectivity index (χ2n) is 11.8. The normalized spacial score (nSPS) is 22.5. The standard InChI is InChI=1S/C29H29F3N6O5S2/c1-2-15-9-17(37-13-19-10-18(37)14-38(19)28(40)41)5-6-21(15)34-27-33-12-20(29(30,31)32)24(35-27)22-11-23-25(44-22)26(39)36(16-3-4-16)7-8-45(23,42)43/h5-6,9,11-12,16,18-19H,2-4,7-8,10,13-14H2,1H3,(H,40,41)(H,33,34,35)/t18-,19-/m0/s1. The fraction of sp³-hybridized carbons (Fsp3) is 0.448. The van der Waals surface area contributed by atoms with Crippen LogP contribution in [0.25, 0.3) is 10.6 Å². The van der Waals surface area contributed by atoms with E-state index in [1.165, 1.54) is 9.80 Å². The van der Waals surface area contributed by atoms with Crippen molar-refractivity contribution in [2.75, 3.05) is 35.6 Å². The quantitative estimate of drug-likeness (QED) is 0.379. The van der Waals surface area contributed by atoms with Gasteiger partial charge in [0.15, 0.2) is 9.84 Å². The van der Waals surface area contributed by atoms with Crippen molar-refractivity contribution >= 4 is 50.5 Å². The number of aromatic nitrogens is 2. The van der Waals surface area contributed by atoms with E-state index in [-0.39, 0.29) is 51.0 Å². The topological polar surface area (TPSA) is 136 Å². The number of likely N-dealkylation sites (tertiary alicyclic amines) is 1. The number of sulfone groups is 1. The number of hydrogen-bond acceptors (Lipinski definition) is 9. The predicted octanol–water partition coefficient (Wildman–Crippen LogP) is 4.86. The molecule has 16 heteroatoms. The minimum absolute atomic E-state index is 0.0519. The Morgan fingerprint density at radius 2 is 1.91 bits per heavy atom. The van der Waals surface area contributed by atoms with Gasteiger partial charge in [-0.3, -0.25) is 4.79 Å². The lowest BCUT2D eigenvalue weighted by Crippen LogP contribution is -2.48. The Bertz CT molecular complexity index is 1830. The van der Waals surface area contributed by atoms with Gasteiger partial charge >= 0.3 is 12.3 Å². The molecule has 2 aromatic heterocycles. The van der Waals surface area contributed by atoms with Crippen molar-refractivity contribution in [1.82, 2.24) is 19.8 Å². The first-order chi connectivity index (χ1) is 21.3. The number of carboxylic acid groups (broad SMARTS) is 1. The van der Waals surface area contributed by atoms with Crippen LogP contribution in [0.2, 0.25) is 0 Å². The number of thiophene rings is 1. The van der Waals surface area contributed by atoms with Gasteiger partial charge in [-0.05, 0) is 55.5 Å². The van der Waals surface area contributed by atoms with Gasteiger partial charge in [0, 0.05) is 49.3 Å². The number of halogens is 3. The number of fused-ring (bicyclic) bond motifs is 3. The van der Waals surface area contributed by atoms with E-state index in [1.54, 1.807) is 6.07 Å². The molecule has 1 aliphatic carbocycles. The molecule has 7 rings (SSSR count). The number of carbonyl (C=O) groups is 2. The molecule has 1 aromatic carbocycles. The van der Waals surface area contributed by atoms with E-state index in [2.05, 4.69) is 20.2 Å². The van der Waals surface area contributed by atoms with Crippen LogP contribution in [0, 0.1) is 0 Å². The first-order valence-corrected chi connectivity index (χ1v) is 17.1. The van der Waals surface area contributed by atoms with Gasteiger partial charge in [-0.15, -0.1) is 11.3 Å². The number of aryl methyl sites for hydroxylation is 1. The number of amides is 2. The zero-order chi connectivity index (χ0) is 31.8. The maximum atomic E-state index is 14.2. The Balaban J connectivity index is 1.21. The lowest BCUT2D eigenvalue weighted by molar-refractivity contribution is -0.137. The van der Waals surface area contributed by atoms with E-state index in [0.717, 1.165) is 36.6 Å². The summed E-state index contributed by atoms with van der Waals surface area (Å²) < 4.78 is 68.6. The van der Waals surface area contributed by atoms with E-state index >= 15 is 0 Å². The Labute approximate surface area is 260 Å². The van der Waals surface area contributed by atoms with Crippen LogP contribution >= 0.6 is 11.3 Å². The highest BCUT2D eigenvalue weighted by Crippen LogP contribution is 2.43. The van der Waals surface area contributed by atoms with Crippen LogP contribution in [0.3, 0.4) is 0 Å². The third-order valence-electron chi connectivity index (χ3n) is 8.94.